The Labute approximate surface area is 83.2 Å². The third kappa shape index (κ3) is 5.06. The minimum Gasteiger partial charge on any atom is -0.388 e. The van der Waals surface area contributed by atoms with E-state index >= 15 is 0 Å². The Kier molecular flexibility index (Phi) is 4.65. The first-order valence-electron chi connectivity index (χ1n) is 4.81. The predicted molar refractivity (Wildman–Crippen MR) is 62.5 cm³/mol. The lowest BCUT2D eigenvalue weighted by Gasteiger charge is -2.19. The van der Waals surface area contributed by atoms with Crippen LogP contribution in [0.1, 0.15) is 13.8 Å². The van der Waals surface area contributed by atoms with E-state index in [2.05, 4.69) is 31.9 Å². The maximum Gasteiger partial charge on any atom is 0.0805 e. The second kappa shape index (κ2) is 4.77. The molecule has 0 aromatic heterocycles. The van der Waals surface area contributed by atoms with E-state index in [0.717, 1.165) is 5.57 Å². The maximum absolute atomic E-state index is 9.83. The monoisotopic (exact) mass is 198 g/mol. The van der Waals surface area contributed by atoms with Crippen molar-refractivity contribution in [3.63, 3.8) is 0 Å². The lowest BCUT2D eigenvalue weighted by molar-refractivity contribution is 0.164. The van der Waals surface area contributed by atoms with Gasteiger partial charge in [-0.1, -0.05) is 51.8 Å². The van der Waals surface area contributed by atoms with Crippen LogP contribution in [0.4, 0.5) is 0 Å². The van der Waals surface area contributed by atoms with Crippen molar-refractivity contribution < 1.29 is 5.11 Å². The van der Waals surface area contributed by atoms with Crippen LogP contribution in [0.2, 0.25) is 19.6 Å². The summed E-state index contributed by atoms with van der Waals surface area (Å²) in [5.41, 5.74) is 3.21. The average Bonchev–Trinajstić information content (AvgIpc) is 1.97. The van der Waals surface area contributed by atoms with Gasteiger partial charge in [0.1, 0.15) is 0 Å². The molecule has 1 unspecified atom stereocenters. The molecule has 0 amide bonds. The van der Waals surface area contributed by atoms with E-state index in [0.29, 0.717) is 0 Å². The number of hydrogen-bond donors (Lipinski definition) is 1. The van der Waals surface area contributed by atoms with Crippen molar-refractivity contribution in [3.05, 3.63) is 23.9 Å². The van der Waals surface area contributed by atoms with Crippen molar-refractivity contribution in [2.75, 3.05) is 0 Å². The molecular weight excluding hydrogens is 176 g/mol. The lowest BCUT2D eigenvalue weighted by Crippen LogP contribution is -2.23. The normalized spacial score (nSPS) is 16.1. The molecule has 1 N–H and O–H groups in total. The molecule has 0 saturated heterocycles. The Bertz CT molecular complexity index is 199. The summed E-state index contributed by atoms with van der Waals surface area (Å²) in [6.07, 6.45) is 1.42. The van der Waals surface area contributed by atoms with Crippen LogP contribution in [0.25, 0.3) is 0 Å². The van der Waals surface area contributed by atoms with E-state index < -0.39 is 8.07 Å². The highest BCUT2D eigenvalue weighted by atomic mass is 28.3. The smallest absolute Gasteiger partial charge is 0.0805 e. The summed E-state index contributed by atoms with van der Waals surface area (Å²) >= 11 is 0. The molecule has 0 saturated carbocycles. The van der Waals surface area contributed by atoms with Crippen LogP contribution in [0.5, 0.6) is 0 Å². The molecule has 0 aliphatic carbocycles. The number of rotatable bonds is 4. The summed E-state index contributed by atoms with van der Waals surface area (Å²) < 4.78 is 0. The minimum absolute atomic E-state index is 0.264. The predicted octanol–water partition coefficient (Wildman–Crippen LogP) is 2.99. The molecule has 0 spiro atoms. The van der Waals surface area contributed by atoms with Gasteiger partial charge in [-0.15, -0.1) is 0 Å². The second-order valence-electron chi connectivity index (χ2n) is 4.90. The SMILES string of the molecule is C=C/C(=C\[Si](C)(C)C)C(O)C(C)C. The van der Waals surface area contributed by atoms with E-state index in [1.807, 2.05) is 13.8 Å². The van der Waals surface area contributed by atoms with Crippen molar-refractivity contribution in [3.8, 4) is 0 Å². The molecule has 0 bridgehead atoms. The lowest BCUT2D eigenvalue weighted by atomic mass is 10.0. The van der Waals surface area contributed by atoms with Gasteiger partial charge in [0.15, 0.2) is 0 Å². The Hall–Kier alpha value is -0.343. The molecular formula is C11H22OSi. The maximum atomic E-state index is 9.83. The van der Waals surface area contributed by atoms with Crippen LogP contribution in [0, 0.1) is 5.92 Å². The van der Waals surface area contributed by atoms with Gasteiger partial charge in [-0.05, 0) is 11.5 Å². The molecule has 1 atom stereocenters. The highest BCUT2D eigenvalue weighted by Crippen LogP contribution is 2.16. The topological polar surface area (TPSA) is 20.2 Å². The summed E-state index contributed by atoms with van der Waals surface area (Å²) in [7, 11) is -1.24. The quantitative estimate of drug-likeness (QED) is 0.544. The number of aliphatic hydroxyl groups is 1. The molecule has 1 nitrogen and oxygen atoms in total. The zero-order chi connectivity index (χ0) is 10.6. The van der Waals surface area contributed by atoms with Gasteiger partial charge < -0.3 is 5.11 Å². The van der Waals surface area contributed by atoms with Crippen molar-refractivity contribution in [1.82, 2.24) is 0 Å². The van der Waals surface area contributed by atoms with Gasteiger partial charge in [0, 0.05) is 0 Å². The molecule has 0 heterocycles. The van der Waals surface area contributed by atoms with E-state index in [1.165, 1.54) is 0 Å². The van der Waals surface area contributed by atoms with Crippen molar-refractivity contribution in [2.45, 2.75) is 39.6 Å². The molecule has 0 aromatic rings. The Morgan fingerprint density at radius 3 is 2.00 bits per heavy atom. The van der Waals surface area contributed by atoms with Gasteiger partial charge in [0.25, 0.3) is 0 Å². The van der Waals surface area contributed by atoms with Gasteiger partial charge >= 0.3 is 0 Å². The average molecular weight is 198 g/mol. The zero-order valence-corrected chi connectivity index (χ0v) is 10.5. The molecule has 0 radical (unpaired) electrons. The third-order valence-electron chi connectivity index (χ3n) is 1.81. The van der Waals surface area contributed by atoms with Crippen molar-refractivity contribution >= 4 is 8.07 Å². The molecule has 0 aliphatic rings. The van der Waals surface area contributed by atoms with Crippen LogP contribution >= 0.6 is 0 Å². The van der Waals surface area contributed by atoms with Crippen LogP contribution in [0.15, 0.2) is 23.9 Å². The largest absolute Gasteiger partial charge is 0.388 e. The Morgan fingerprint density at radius 2 is 1.77 bits per heavy atom. The molecule has 13 heavy (non-hydrogen) atoms. The first kappa shape index (κ1) is 12.7. The van der Waals surface area contributed by atoms with Gasteiger partial charge in [-0.25, -0.2) is 0 Å². The third-order valence-corrected chi connectivity index (χ3v) is 3.01. The summed E-state index contributed by atoms with van der Waals surface area (Å²) in [6, 6.07) is 0. The van der Waals surface area contributed by atoms with E-state index in [1.54, 1.807) is 6.08 Å². The Balaban J connectivity index is 4.70. The highest BCUT2D eigenvalue weighted by Gasteiger charge is 2.16. The molecule has 0 aromatic carbocycles. The molecule has 0 fully saturated rings. The first-order chi connectivity index (χ1) is 5.78. The van der Waals surface area contributed by atoms with Crippen LogP contribution in [-0.4, -0.2) is 19.3 Å². The van der Waals surface area contributed by atoms with Crippen LogP contribution in [0.3, 0.4) is 0 Å². The van der Waals surface area contributed by atoms with E-state index in [4.69, 9.17) is 0 Å². The fourth-order valence-electron chi connectivity index (χ4n) is 1.15. The summed E-state index contributed by atoms with van der Waals surface area (Å²) in [4.78, 5) is 0. The van der Waals surface area contributed by atoms with E-state index in [9.17, 15) is 5.11 Å². The van der Waals surface area contributed by atoms with Crippen LogP contribution in [-0.2, 0) is 0 Å². The fourth-order valence-corrected chi connectivity index (χ4v) is 2.44. The molecule has 76 valence electrons. The van der Waals surface area contributed by atoms with Crippen molar-refractivity contribution in [2.24, 2.45) is 5.92 Å². The summed E-state index contributed by atoms with van der Waals surface area (Å²) in [6.45, 7) is 14.5. The van der Waals surface area contributed by atoms with Gasteiger partial charge in [0.05, 0.1) is 14.2 Å². The Morgan fingerprint density at radius 1 is 1.31 bits per heavy atom. The second-order valence-corrected chi connectivity index (χ2v) is 9.92. The minimum atomic E-state index is -1.24. The molecule has 2 heteroatoms. The van der Waals surface area contributed by atoms with Crippen molar-refractivity contribution in [1.29, 1.82) is 0 Å². The number of aliphatic hydroxyl groups excluding tert-OH is 1. The van der Waals surface area contributed by atoms with Gasteiger partial charge in [0.2, 0.25) is 0 Å². The highest BCUT2D eigenvalue weighted by molar-refractivity contribution is 6.81. The summed E-state index contributed by atoms with van der Waals surface area (Å²) in [5.74, 6) is 0.264. The molecule has 0 rings (SSSR count). The number of hydrogen-bond acceptors (Lipinski definition) is 1. The standard InChI is InChI=1S/C11H22OSi/c1-7-10(8-13(4,5)6)11(12)9(2)3/h7-9,11-12H,1H2,2-6H3/b10-8+. The van der Waals surface area contributed by atoms with Gasteiger partial charge in [-0.3, -0.25) is 0 Å². The van der Waals surface area contributed by atoms with Gasteiger partial charge in [-0.2, -0.15) is 0 Å². The fraction of sp³-hybridized carbons (Fsp3) is 0.636. The molecule has 0 aliphatic heterocycles. The first-order valence-corrected chi connectivity index (χ1v) is 8.39. The summed E-state index contributed by atoms with van der Waals surface area (Å²) in [5, 5.41) is 9.83. The van der Waals surface area contributed by atoms with E-state index in [-0.39, 0.29) is 12.0 Å². The zero-order valence-electron chi connectivity index (χ0n) is 9.46. The van der Waals surface area contributed by atoms with Crippen LogP contribution < -0.4 is 0 Å².